The third-order valence-electron chi connectivity index (χ3n) is 1.59. The summed E-state index contributed by atoms with van der Waals surface area (Å²) in [6, 6.07) is 4.25. The summed E-state index contributed by atoms with van der Waals surface area (Å²) in [5.41, 5.74) is 1.36. The molecule has 0 N–H and O–H groups in total. The predicted molar refractivity (Wildman–Crippen MR) is 39.7 cm³/mol. The lowest BCUT2D eigenvalue weighted by molar-refractivity contribution is -0.335. The maximum absolute atomic E-state index is 2.35. The maximum atomic E-state index is 2.35. The average Bonchev–Trinajstić information content (AvgIpc) is 2.22. The molecule has 46 valence electrons. The molecule has 0 atom stereocenters. The first-order valence-corrected chi connectivity index (χ1v) is 4.33. The summed E-state index contributed by atoms with van der Waals surface area (Å²) in [5.74, 6) is 0. The van der Waals surface area contributed by atoms with Crippen LogP contribution in [0.3, 0.4) is 0 Å². The van der Waals surface area contributed by atoms with Gasteiger partial charge in [-0.25, -0.2) is 0 Å². The molecule has 0 spiro atoms. The highest BCUT2D eigenvalue weighted by atomic mass is 28.2. The molecule has 1 aromatic heterocycles. The minimum atomic E-state index is -0.147. The second-order valence-electron chi connectivity index (χ2n) is 2.43. The second-order valence-corrected chi connectivity index (χ2v) is 4.39. The monoisotopic (exact) mass is 137 g/mol. The minimum absolute atomic E-state index is 0.147. The topological polar surface area (TPSA) is 7.94 Å². The van der Waals surface area contributed by atoms with E-state index in [4.69, 9.17) is 0 Å². The van der Waals surface area contributed by atoms with Gasteiger partial charge in [-0.3, -0.25) is 4.24 Å². The molecule has 0 amide bonds. The van der Waals surface area contributed by atoms with E-state index in [9.17, 15) is 0 Å². The van der Waals surface area contributed by atoms with E-state index in [1.54, 1.807) is 0 Å². The molecule has 0 aliphatic carbocycles. The Labute approximate surface area is 56.4 Å². The first kappa shape index (κ1) is 4.99. The highest BCUT2D eigenvalue weighted by Gasteiger charge is 2.13. The molecule has 0 fully saturated rings. The van der Waals surface area contributed by atoms with Gasteiger partial charge in [0.1, 0.15) is 7.05 Å². The average molecular weight is 137 g/mol. The molecule has 1 aromatic rings. The molecular formula is C6H9N2Si+. The van der Waals surface area contributed by atoms with Crippen molar-refractivity contribution in [1.29, 1.82) is 0 Å². The normalized spacial score (nSPS) is 18.1. The van der Waals surface area contributed by atoms with Crippen LogP contribution in [0.4, 0.5) is 0 Å². The Morgan fingerprint density at radius 3 is 3.33 bits per heavy atom. The highest BCUT2D eigenvalue weighted by Crippen LogP contribution is 2.00. The molecule has 9 heavy (non-hydrogen) atoms. The maximum Gasteiger partial charge on any atom is 0.446 e. The molecule has 1 aliphatic rings. The Kier molecular flexibility index (Phi) is 0.872. The molecule has 0 unspecified atom stereocenters. The first-order valence-electron chi connectivity index (χ1n) is 3.06. The molecule has 0 saturated heterocycles. The molecule has 0 radical (unpaired) electrons. The zero-order valence-corrected chi connectivity index (χ0v) is 6.83. The Morgan fingerprint density at radius 2 is 2.56 bits per heavy atom. The Morgan fingerprint density at radius 1 is 1.67 bits per heavy atom. The van der Waals surface area contributed by atoms with Crippen LogP contribution in [0.5, 0.6) is 0 Å². The summed E-state index contributed by atoms with van der Waals surface area (Å²) < 4.78 is 4.65. The Hall–Kier alpha value is -0.833. The Balaban J connectivity index is 2.55. The van der Waals surface area contributed by atoms with Crippen LogP contribution in [-0.2, 0) is 0 Å². The predicted octanol–water partition coefficient (Wildman–Crippen LogP) is -0.590. The van der Waals surface area contributed by atoms with E-state index >= 15 is 0 Å². The molecule has 2 rings (SSSR count). The van der Waals surface area contributed by atoms with Gasteiger partial charge in [0.15, 0.2) is 6.21 Å². The number of nitrogens with zero attached hydrogens (tertiary/aromatic N) is 2. The smallest absolute Gasteiger partial charge is 0.320 e. The molecule has 0 bridgehead atoms. The van der Waals surface area contributed by atoms with Gasteiger partial charge < -0.3 is 4.23 Å². The van der Waals surface area contributed by atoms with E-state index in [1.165, 1.54) is 5.69 Å². The lowest BCUT2D eigenvalue weighted by atomic mass is 10.5. The highest BCUT2D eigenvalue weighted by molar-refractivity contribution is 6.28. The molecular weight excluding hydrogens is 128 g/mol. The van der Waals surface area contributed by atoms with E-state index in [-0.39, 0.29) is 9.84 Å². The molecule has 2 heterocycles. The van der Waals surface area contributed by atoms with Crippen molar-refractivity contribution < 1.29 is 4.24 Å². The zero-order valence-electron chi connectivity index (χ0n) is 5.41. The largest absolute Gasteiger partial charge is 0.446 e. The van der Waals surface area contributed by atoms with Crippen molar-refractivity contribution in [3.63, 3.8) is 0 Å². The summed E-state index contributed by atoms with van der Waals surface area (Å²) in [6.45, 7) is 0. The van der Waals surface area contributed by atoms with Crippen molar-refractivity contribution in [3.05, 3.63) is 24.0 Å². The lowest BCUT2D eigenvalue weighted by Crippen LogP contribution is -2.11. The van der Waals surface area contributed by atoms with E-state index < -0.39 is 0 Å². The molecule has 0 aromatic carbocycles. The van der Waals surface area contributed by atoms with Crippen LogP contribution >= 0.6 is 0 Å². The van der Waals surface area contributed by atoms with Gasteiger partial charge in [-0.1, -0.05) is 0 Å². The van der Waals surface area contributed by atoms with E-state index in [1.807, 2.05) is 0 Å². The van der Waals surface area contributed by atoms with Gasteiger partial charge in [0.05, 0.1) is 5.69 Å². The van der Waals surface area contributed by atoms with Crippen molar-refractivity contribution in [3.8, 4) is 0 Å². The SMILES string of the molecule is C[N+]1=Cc2cccn2[SiH2]1. The zero-order chi connectivity index (χ0) is 6.27. The first-order chi connectivity index (χ1) is 4.36. The van der Waals surface area contributed by atoms with Crippen LogP contribution in [0.2, 0.25) is 0 Å². The van der Waals surface area contributed by atoms with Crippen molar-refractivity contribution in [2.75, 3.05) is 7.05 Å². The van der Waals surface area contributed by atoms with E-state index in [0.29, 0.717) is 0 Å². The van der Waals surface area contributed by atoms with Crippen LogP contribution < -0.4 is 0 Å². The number of aromatic nitrogens is 1. The summed E-state index contributed by atoms with van der Waals surface area (Å²) in [7, 11) is 1.99. The van der Waals surface area contributed by atoms with Crippen LogP contribution in [0.15, 0.2) is 18.3 Å². The number of hydrogen-bond acceptors (Lipinski definition) is 0. The molecule has 0 saturated carbocycles. The fraction of sp³-hybridized carbons (Fsp3) is 0.167. The standard InChI is InChI=1S/C6H9N2Si/c1-7-5-6-3-2-4-8(6)9-7/h2-5H,9H2,1H3/q+1. The van der Waals surface area contributed by atoms with Gasteiger partial charge in [0, 0.05) is 6.20 Å². The van der Waals surface area contributed by atoms with Crippen LogP contribution in [0.25, 0.3) is 0 Å². The van der Waals surface area contributed by atoms with Crippen LogP contribution in [0.1, 0.15) is 5.69 Å². The van der Waals surface area contributed by atoms with E-state index in [2.05, 4.69) is 40.1 Å². The van der Waals surface area contributed by atoms with Gasteiger partial charge in [0.25, 0.3) is 0 Å². The quantitative estimate of drug-likeness (QED) is 0.422. The number of rotatable bonds is 0. The summed E-state index contributed by atoms with van der Waals surface area (Å²) in [6.07, 6.45) is 4.35. The third-order valence-corrected chi connectivity index (χ3v) is 3.10. The summed E-state index contributed by atoms with van der Waals surface area (Å²) >= 11 is 0. The van der Waals surface area contributed by atoms with Crippen molar-refractivity contribution in [2.45, 2.75) is 0 Å². The molecule has 1 aliphatic heterocycles. The fourth-order valence-electron chi connectivity index (χ4n) is 1.18. The fourth-order valence-corrected chi connectivity index (χ4v) is 2.50. The number of fused-ring (bicyclic) bond motifs is 1. The Bertz CT molecular complexity index is 262. The second kappa shape index (κ2) is 1.57. The number of hydrogen-bond donors (Lipinski definition) is 0. The van der Waals surface area contributed by atoms with Gasteiger partial charge in [0.2, 0.25) is 0 Å². The summed E-state index contributed by atoms with van der Waals surface area (Å²) in [5, 5.41) is 0. The molecule has 2 nitrogen and oxygen atoms in total. The summed E-state index contributed by atoms with van der Waals surface area (Å²) in [4.78, 5) is 0. The van der Waals surface area contributed by atoms with Crippen molar-refractivity contribution in [2.24, 2.45) is 0 Å². The van der Waals surface area contributed by atoms with Crippen LogP contribution in [-0.4, -0.2) is 31.6 Å². The van der Waals surface area contributed by atoms with Gasteiger partial charge in [-0.05, 0) is 12.1 Å². The van der Waals surface area contributed by atoms with E-state index in [0.717, 1.165) is 0 Å². The lowest BCUT2D eigenvalue weighted by Gasteiger charge is -1.86. The van der Waals surface area contributed by atoms with Gasteiger partial charge >= 0.3 is 9.84 Å². The van der Waals surface area contributed by atoms with Crippen molar-refractivity contribution in [1.82, 2.24) is 4.23 Å². The third kappa shape index (κ3) is 0.649. The van der Waals surface area contributed by atoms with Crippen molar-refractivity contribution >= 4 is 16.1 Å². The van der Waals surface area contributed by atoms with Gasteiger partial charge in [-0.2, -0.15) is 0 Å². The minimum Gasteiger partial charge on any atom is -0.320 e. The van der Waals surface area contributed by atoms with Crippen LogP contribution in [0, 0.1) is 0 Å². The molecule has 3 heteroatoms. The van der Waals surface area contributed by atoms with Gasteiger partial charge in [-0.15, -0.1) is 0 Å².